The molecule has 0 fully saturated rings. The second kappa shape index (κ2) is 9.37. The van der Waals surface area contributed by atoms with Gasteiger partial charge in [-0.15, -0.1) is 23.1 Å². The Balaban J connectivity index is 1.63. The summed E-state index contributed by atoms with van der Waals surface area (Å²) < 4.78 is 18.1. The molecule has 1 N–H and O–H groups in total. The molecule has 3 rings (SSSR count). The standard InChI is InChI=1S/C20H22FNO3S2/c1-2-25-20(24)18-15-5-3-4-6-16(15)27-19(18)22-17(23)12-26-11-13-7-9-14(21)10-8-13/h7-10H,2-6,11-12H2,1H3,(H,22,23). The lowest BCUT2D eigenvalue weighted by atomic mass is 9.95. The molecule has 27 heavy (non-hydrogen) atoms. The molecule has 7 heteroatoms. The number of thioether (sulfide) groups is 1. The Kier molecular flexibility index (Phi) is 6.90. The number of hydrogen-bond donors (Lipinski definition) is 1. The van der Waals surface area contributed by atoms with Gasteiger partial charge in [-0.25, -0.2) is 9.18 Å². The van der Waals surface area contributed by atoms with Crippen LogP contribution in [0.3, 0.4) is 0 Å². The molecule has 0 saturated carbocycles. The Hall–Kier alpha value is -1.86. The van der Waals surface area contributed by atoms with Crippen molar-refractivity contribution in [2.45, 2.75) is 38.4 Å². The van der Waals surface area contributed by atoms with Crippen molar-refractivity contribution in [3.05, 3.63) is 51.7 Å². The fourth-order valence-corrected chi connectivity index (χ4v) is 5.16. The van der Waals surface area contributed by atoms with E-state index in [0.717, 1.165) is 36.8 Å². The van der Waals surface area contributed by atoms with Gasteiger partial charge in [-0.3, -0.25) is 4.79 Å². The van der Waals surface area contributed by atoms with E-state index < -0.39 is 0 Å². The lowest BCUT2D eigenvalue weighted by Gasteiger charge is -2.12. The zero-order valence-electron chi connectivity index (χ0n) is 15.2. The van der Waals surface area contributed by atoms with Crippen LogP contribution in [0, 0.1) is 5.82 Å². The summed E-state index contributed by atoms with van der Waals surface area (Å²) in [4.78, 5) is 25.9. The van der Waals surface area contributed by atoms with Gasteiger partial charge in [-0.2, -0.15) is 0 Å². The Labute approximate surface area is 166 Å². The summed E-state index contributed by atoms with van der Waals surface area (Å²) in [5.41, 5.74) is 2.54. The third-order valence-corrected chi connectivity index (χ3v) is 6.53. The fourth-order valence-electron chi connectivity index (χ4n) is 3.08. The lowest BCUT2D eigenvalue weighted by Crippen LogP contribution is -2.17. The van der Waals surface area contributed by atoms with Crippen LogP contribution < -0.4 is 5.32 Å². The number of esters is 1. The number of ether oxygens (including phenoxy) is 1. The smallest absolute Gasteiger partial charge is 0.341 e. The first kappa shape index (κ1) is 19.9. The topological polar surface area (TPSA) is 55.4 Å². The maximum atomic E-state index is 12.9. The number of benzene rings is 1. The minimum Gasteiger partial charge on any atom is -0.462 e. The Morgan fingerprint density at radius 1 is 1.22 bits per heavy atom. The number of rotatable bonds is 7. The van der Waals surface area contributed by atoms with Gasteiger partial charge in [0.2, 0.25) is 5.91 Å². The number of fused-ring (bicyclic) bond motifs is 1. The SMILES string of the molecule is CCOC(=O)c1c(NC(=O)CSCc2ccc(F)cc2)sc2c1CCCC2. The van der Waals surface area contributed by atoms with Gasteiger partial charge in [-0.1, -0.05) is 12.1 Å². The summed E-state index contributed by atoms with van der Waals surface area (Å²) in [6, 6.07) is 6.26. The highest BCUT2D eigenvalue weighted by molar-refractivity contribution is 7.99. The molecule has 0 atom stereocenters. The van der Waals surface area contributed by atoms with Crippen LogP contribution in [0.5, 0.6) is 0 Å². The first-order valence-electron chi connectivity index (χ1n) is 9.02. The minimum absolute atomic E-state index is 0.147. The highest BCUT2D eigenvalue weighted by atomic mass is 32.2. The number of carbonyl (C=O) groups is 2. The summed E-state index contributed by atoms with van der Waals surface area (Å²) in [7, 11) is 0. The van der Waals surface area contributed by atoms with E-state index in [1.54, 1.807) is 19.1 Å². The van der Waals surface area contributed by atoms with Gasteiger partial charge in [0.25, 0.3) is 0 Å². The predicted octanol–water partition coefficient (Wildman–Crippen LogP) is 4.81. The molecule has 1 amide bonds. The van der Waals surface area contributed by atoms with E-state index in [-0.39, 0.29) is 23.4 Å². The lowest BCUT2D eigenvalue weighted by molar-refractivity contribution is -0.113. The number of hydrogen-bond acceptors (Lipinski definition) is 5. The summed E-state index contributed by atoms with van der Waals surface area (Å²) in [5.74, 6) is 0.119. The highest BCUT2D eigenvalue weighted by Gasteiger charge is 2.27. The van der Waals surface area contributed by atoms with E-state index in [2.05, 4.69) is 5.32 Å². The van der Waals surface area contributed by atoms with Gasteiger partial charge in [0.1, 0.15) is 10.8 Å². The molecule has 0 bridgehead atoms. The predicted molar refractivity (Wildman–Crippen MR) is 108 cm³/mol. The maximum absolute atomic E-state index is 12.9. The van der Waals surface area contributed by atoms with Crippen molar-refractivity contribution in [2.75, 3.05) is 17.7 Å². The first-order valence-corrected chi connectivity index (χ1v) is 11.0. The number of aryl methyl sites for hydroxylation is 1. The molecule has 0 saturated heterocycles. The largest absolute Gasteiger partial charge is 0.462 e. The van der Waals surface area contributed by atoms with Crippen molar-refractivity contribution in [3.63, 3.8) is 0 Å². The van der Waals surface area contributed by atoms with Crippen molar-refractivity contribution in [3.8, 4) is 0 Å². The van der Waals surface area contributed by atoms with Gasteiger partial charge >= 0.3 is 5.97 Å². The van der Waals surface area contributed by atoms with Crippen LogP contribution in [0.25, 0.3) is 0 Å². The van der Waals surface area contributed by atoms with Gasteiger partial charge < -0.3 is 10.1 Å². The molecule has 1 aromatic carbocycles. The molecule has 144 valence electrons. The van der Waals surface area contributed by atoms with E-state index in [9.17, 15) is 14.0 Å². The van der Waals surface area contributed by atoms with Crippen LogP contribution in [0.2, 0.25) is 0 Å². The van der Waals surface area contributed by atoms with Crippen LogP contribution >= 0.6 is 23.1 Å². The summed E-state index contributed by atoms with van der Waals surface area (Å²) in [6.07, 6.45) is 3.96. The maximum Gasteiger partial charge on any atom is 0.341 e. The van der Waals surface area contributed by atoms with E-state index in [0.29, 0.717) is 22.9 Å². The molecule has 4 nitrogen and oxygen atoms in total. The van der Waals surface area contributed by atoms with E-state index >= 15 is 0 Å². The molecule has 1 aromatic heterocycles. The Morgan fingerprint density at radius 2 is 1.96 bits per heavy atom. The third-order valence-electron chi connectivity index (χ3n) is 4.32. The summed E-state index contributed by atoms with van der Waals surface area (Å²) >= 11 is 2.95. The van der Waals surface area contributed by atoms with Crippen molar-refractivity contribution >= 4 is 40.0 Å². The van der Waals surface area contributed by atoms with E-state index in [1.807, 2.05) is 0 Å². The van der Waals surface area contributed by atoms with Crippen molar-refractivity contribution in [1.82, 2.24) is 0 Å². The molecule has 1 heterocycles. The van der Waals surface area contributed by atoms with Gasteiger partial charge in [0, 0.05) is 10.6 Å². The molecule has 0 spiro atoms. The fraction of sp³-hybridized carbons (Fsp3) is 0.400. The van der Waals surface area contributed by atoms with Crippen molar-refractivity contribution in [1.29, 1.82) is 0 Å². The molecular formula is C20H22FNO3S2. The molecular weight excluding hydrogens is 385 g/mol. The van der Waals surface area contributed by atoms with Crippen LogP contribution in [-0.4, -0.2) is 24.2 Å². The summed E-state index contributed by atoms with van der Waals surface area (Å²) in [6.45, 7) is 2.09. The second-order valence-corrected chi connectivity index (χ2v) is 8.39. The highest BCUT2D eigenvalue weighted by Crippen LogP contribution is 2.38. The van der Waals surface area contributed by atoms with Crippen molar-refractivity contribution in [2.24, 2.45) is 0 Å². The van der Waals surface area contributed by atoms with Gasteiger partial charge in [0.15, 0.2) is 0 Å². The first-order chi connectivity index (χ1) is 13.1. The number of thiophene rings is 1. The molecule has 0 unspecified atom stereocenters. The molecule has 2 aromatic rings. The molecule has 0 radical (unpaired) electrons. The number of amides is 1. The van der Waals surface area contributed by atoms with Crippen LogP contribution in [0.15, 0.2) is 24.3 Å². The number of anilines is 1. The summed E-state index contributed by atoms with van der Waals surface area (Å²) in [5, 5.41) is 3.50. The Morgan fingerprint density at radius 3 is 2.70 bits per heavy atom. The van der Waals surface area contributed by atoms with E-state index in [1.165, 1.54) is 40.1 Å². The molecule has 0 aliphatic heterocycles. The second-order valence-electron chi connectivity index (χ2n) is 6.30. The normalized spacial score (nSPS) is 13.1. The quantitative estimate of drug-likeness (QED) is 0.669. The molecule has 1 aliphatic carbocycles. The number of nitrogens with one attached hydrogen (secondary N) is 1. The minimum atomic E-state index is -0.355. The monoisotopic (exact) mass is 407 g/mol. The third kappa shape index (κ3) is 5.11. The van der Waals surface area contributed by atoms with Crippen LogP contribution in [-0.2, 0) is 28.1 Å². The average Bonchev–Trinajstić information content (AvgIpc) is 3.01. The number of carbonyl (C=O) groups excluding carboxylic acids is 2. The Bertz CT molecular complexity index is 817. The molecule has 1 aliphatic rings. The van der Waals surface area contributed by atoms with Gasteiger partial charge in [-0.05, 0) is 55.9 Å². The number of halogens is 1. The van der Waals surface area contributed by atoms with Gasteiger partial charge in [0.05, 0.1) is 17.9 Å². The zero-order valence-corrected chi connectivity index (χ0v) is 16.8. The zero-order chi connectivity index (χ0) is 19.2. The van der Waals surface area contributed by atoms with Crippen LogP contribution in [0.4, 0.5) is 9.39 Å². The average molecular weight is 408 g/mol. The van der Waals surface area contributed by atoms with E-state index in [4.69, 9.17) is 4.74 Å². The van der Waals surface area contributed by atoms with Crippen LogP contribution in [0.1, 0.15) is 46.1 Å². The van der Waals surface area contributed by atoms with Crippen molar-refractivity contribution < 1.29 is 18.7 Å².